The molecule has 1 fully saturated rings. The number of carbonyl (C=O) groups is 2. The van der Waals surface area contributed by atoms with E-state index >= 15 is 0 Å². The molecule has 3 aromatic rings. The number of piperazine rings is 1. The largest absolute Gasteiger partial charge is 0.459 e. The van der Waals surface area contributed by atoms with Crippen LogP contribution in [-0.2, 0) is 12.7 Å². The number of halogens is 3. The second-order valence-corrected chi connectivity index (χ2v) is 8.23. The van der Waals surface area contributed by atoms with E-state index in [4.69, 9.17) is 4.42 Å². The maximum Gasteiger partial charge on any atom is 0.416 e. The lowest BCUT2D eigenvalue weighted by molar-refractivity contribution is -0.137. The SMILES string of the molecule is Cc1ccc(C(=O)N2CCN(Cc3cccc(C(F)(F)F)c3)CC2)cc1NC(=O)c1ccco1. The number of hydrogen-bond donors (Lipinski definition) is 1. The lowest BCUT2D eigenvalue weighted by atomic mass is 10.1. The highest BCUT2D eigenvalue weighted by Crippen LogP contribution is 2.30. The number of alkyl halides is 3. The molecule has 1 aliphatic heterocycles. The number of nitrogens with one attached hydrogen (secondary N) is 1. The lowest BCUT2D eigenvalue weighted by Gasteiger charge is -2.35. The van der Waals surface area contributed by atoms with E-state index in [0.29, 0.717) is 49.5 Å². The number of benzene rings is 2. The van der Waals surface area contributed by atoms with Gasteiger partial charge < -0.3 is 14.6 Å². The topological polar surface area (TPSA) is 65.8 Å². The van der Waals surface area contributed by atoms with Gasteiger partial charge in [-0.3, -0.25) is 14.5 Å². The van der Waals surface area contributed by atoms with Crippen molar-refractivity contribution in [3.05, 3.63) is 88.9 Å². The molecule has 2 heterocycles. The van der Waals surface area contributed by atoms with E-state index in [0.717, 1.165) is 11.6 Å². The van der Waals surface area contributed by atoms with Crippen LogP contribution in [0.2, 0.25) is 0 Å². The van der Waals surface area contributed by atoms with Crippen LogP contribution in [0.1, 0.15) is 37.6 Å². The molecule has 0 saturated carbocycles. The number of aryl methyl sites for hydroxylation is 1. The first-order valence-electron chi connectivity index (χ1n) is 10.8. The molecule has 6 nitrogen and oxygen atoms in total. The number of carbonyl (C=O) groups excluding carboxylic acids is 2. The Balaban J connectivity index is 1.37. The lowest BCUT2D eigenvalue weighted by Crippen LogP contribution is -2.48. The summed E-state index contributed by atoms with van der Waals surface area (Å²) >= 11 is 0. The summed E-state index contributed by atoms with van der Waals surface area (Å²) < 4.78 is 44.0. The van der Waals surface area contributed by atoms with Crippen molar-refractivity contribution >= 4 is 17.5 Å². The summed E-state index contributed by atoms with van der Waals surface area (Å²) in [5, 5.41) is 2.77. The van der Waals surface area contributed by atoms with Gasteiger partial charge in [0.05, 0.1) is 11.8 Å². The van der Waals surface area contributed by atoms with Crippen molar-refractivity contribution in [3.63, 3.8) is 0 Å². The minimum Gasteiger partial charge on any atom is -0.459 e. The van der Waals surface area contributed by atoms with Crippen LogP contribution in [0.25, 0.3) is 0 Å². The molecule has 0 unspecified atom stereocenters. The van der Waals surface area contributed by atoms with E-state index in [1.807, 2.05) is 11.8 Å². The highest BCUT2D eigenvalue weighted by molar-refractivity contribution is 6.04. The van der Waals surface area contributed by atoms with Gasteiger partial charge in [0.25, 0.3) is 11.8 Å². The third-order valence-corrected chi connectivity index (χ3v) is 5.80. The zero-order valence-corrected chi connectivity index (χ0v) is 18.6. The van der Waals surface area contributed by atoms with Crippen molar-refractivity contribution in [2.75, 3.05) is 31.5 Å². The molecular weight excluding hydrogens is 447 g/mol. The van der Waals surface area contributed by atoms with Crippen molar-refractivity contribution in [2.45, 2.75) is 19.6 Å². The Morgan fingerprint density at radius 3 is 2.44 bits per heavy atom. The summed E-state index contributed by atoms with van der Waals surface area (Å²) in [4.78, 5) is 29.1. The Labute approximate surface area is 195 Å². The van der Waals surface area contributed by atoms with Gasteiger partial charge in [0.2, 0.25) is 0 Å². The summed E-state index contributed by atoms with van der Waals surface area (Å²) in [7, 11) is 0. The summed E-state index contributed by atoms with van der Waals surface area (Å²) in [5.74, 6) is -0.388. The molecule has 2 aromatic carbocycles. The van der Waals surface area contributed by atoms with Crippen LogP contribution in [0.15, 0.2) is 65.3 Å². The smallest absolute Gasteiger partial charge is 0.416 e. The Morgan fingerprint density at radius 1 is 1.00 bits per heavy atom. The molecule has 0 bridgehead atoms. The van der Waals surface area contributed by atoms with Gasteiger partial charge in [-0.25, -0.2) is 0 Å². The van der Waals surface area contributed by atoms with Crippen molar-refractivity contribution < 1.29 is 27.2 Å². The van der Waals surface area contributed by atoms with Crippen LogP contribution < -0.4 is 5.32 Å². The standard InChI is InChI=1S/C25H24F3N3O3/c1-17-7-8-19(15-21(17)29-23(32)22-6-3-13-34-22)24(33)31-11-9-30(10-12-31)16-18-4-2-5-20(14-18)25(26,27)28/h2-8,13-15H,9-12,16H2,1H3,(H,29,32). The highest BCUT2D eigenvalue weighted by Gasteiger charge is 2.30. The van der Waals surface area contributed by atoms with Crippen LogP contribution in [-0.4, -0.2) is 47.8 Å². The molecular formula is C25H24F3N3O3. The highest BCUT2D eigenvalue weighted by atomic mass is 19.4. The van der Waals surface area contributed by atoms with Crippen molar-refractivity contribution in [1.29, 1.82) is 0 Å². The Hall–Kier alpha value is -3.59. The molecule has 0 radical (unpaired) electrons. The quantitative estimate of drug-likeness (QED) is 0.580. The third kappa shape index (κ3) is 5.48. The number of hydrogen-bond acceptors (Lipinski definition) is 4. The molecule has 1 saturated heterocycles. The van der Waals surface area contributed by atoms with Crippen molar-refractivity contribution in [1.82, 2.24) is 9.80 Å². The molecule has 1 N–H and O–H groups in total. The van der Waals surface area contributed by atoms with Crippen molar-refractivity contribution in [3.8, 4) is 0 Å². The number of anilines is 1. The zero-order valence-electron chi connectivity index (χ0n) is 18.6. The fourth-order valence-electron chi connectivity index (χ4n) is 3.88. The first-order valence-corrected chi connectivity index (χ1v) is 10.8. The van der Waals surface area contributed by atoms with E-state index in [2.05, 4.69) is 5.32 Å². The summed E-state index contributed by atoms with van der Waals surface area (Å²) in [5.41, 5.74) is 1.71. The molecule has 4 rings (SSSR count). The van der Waals surface area contributed by atoms with E-state index in [1.165, 1.54) is 18.4 Å². The Bertz CT molecular complexity index is 1170. The molecule has 178 valence electrons. The first kappa shape index (κ1) is 23.6. The van der Waals surface area contributed by atoms with Crippen LogP contribution >= 0.6 is 0 Å². The molecule has 0 atom stereocenters. The molecule has 9 heteroatoms. The minimum absolute atomic E-state index is 0.160. The number of furan rings is 1. The minimum atomic E-state index is -4.37. The van der Waals surface area contributed by atoms with Crippen LogP contribution in [0, 0.1) is 6.92 Å². The van der Waals surface area contributed by atoms with E-state index in [9.17, 15) is 22.8 Å². The van der Waals surface area contributed by atoms with Gasteiger partial charge in [-0.1, -0.05) is 24.3 Å². The van der Waals surface area contributed by atoms with E-state index < -0.39 is 17.6 Å². The summed E-state index contributed by atoms with van der Waals surface area (Å²) in [6, 6.07) is 13.6. The van der Waals surface area contributed by atoms with Gasteiger partial charge >= 0.3 is 6.18 Å². The maximum atomic E-state index is 13.0. The fraction of sp³-hybridized carbons (Fsp3) is 0.280. The monoisotopic (exact) mass is 471 g/mol. The normalized spacial score (nSPS) is 14.8. The predicted molar refractivity (Wildman–Crippen MR) is 120 cm³/mol. The predicted octanol–water partition coefficient (Wildman–Crippen LogP) is 4.82. The average molecular weight is 471 g/mol. The van der Waals surface area contributed by atoms with Gasteiger partial charge in [-0.2, -0.15) is 13.2 Å². The zero-order chi connectivity index (χ0) is 24.3. The van der Waals surface area contributed by atoms with Crippen LogP contribution in [0.4, 0.5) is 18.9 Å². The number of nitrogens with zero attached hydrogens (tertiary/aromatic N) is 2. The second-order valence-electron chi connectivity index (χ2n) is 8.23. The molecule has 1 aliphatic rings. The van der Waals surface area contributed by atoms with Gasteiger partial charge in [0.1, 0.15) is 0 Å². The number of rotatable bonds is 5. The van der Waals surface area contributed by atoms with E-state index in [1.54, 1.807) is 41.3 Å². The van der Waals surface area contributed by atoms with E-state index in [-0.39, 0.29) is 11.7 Å². The Morgan fingerprint density at radius 2 is 1.76 bits per heavy atom. The summed E-state index contributed by atoms with van der Waals surface area (Å²) in [6.07, 6.45) is -2.96. The van der Waals surface area contributed by atoms with Crippen LogP contribution in [0.5, 0.6) is 0 Å². The van der Waals surface area contributed by atoms with Gasteiger partial charge in [-0.15, -0.1) is 0 Å². The molecule has 34 heavy (non-hydrogen) atoms. The fourth-order valence-corrected chi connectivity index (χ4v) is 3.88. The molecule has 1 aromatic heterocycles. The second kappa shape index (κ2) is 9.72. The van der Waals surface area contributed by atoms with Crippen molar-refractivity contribution in [2.24, 2.45) is 0 Å². The third-order valence-electron chi connectivity index (χ3n) is 5.80. The average Bonchev–Trinajstić information content (AvgIpc) is 3.35. The summed E-state index contributed by atoms with van der Waals surface area (Å²) in [6.45, 7) is 4.24. The first-order chi connectivity index (χ1) is 16.2. The molecule has 0 aliphatic carbocycles. The molecule has 0 spiro atoms. The van der Waals surface area contributed by atoms with Gasteiger partial charge in [0, 0.05) is 44.0 Å². The Kier molecular flexibility index (Phi) is 6.74. The van der Waals surface area contributed by atoms with Gasteiger partial charge in [0.15, 0.2) is 5.76 Å². The van der Waals surface area contributed by atoms with Crippen LogP contribution in [0.3, 0.4) is 0 Å². The number of amides is 2. The maximum absolute atomic E-state index is 13.0. The molecule has 2 amide bonds. The van der Waals surface area contributed by atoms with Gasteiger partial charge in [-0.05, 0) is 48.4 Å².